The summed E-state index contributed by atoms with van der Waals surface area (Å²) in [5.41, 5.74) is 2.03. The maximum absolute atomic E-state index is 13.7. The lowest BCUT2D eigenvalue weighted by atomic mass is 9.99. The molecule has 4 rings (SSSR count). The summed E-state index contributed by atoms with van der Waals surface area (Å²) in [5.74, 6) is 0.245. The number of aliphatic hydroxyl groups excluding tert-OH is 1. The van der Waals surface area contributed by atoms with Gasteiger partial charge in [-0.1, -0.05) is 24.6 Å². The van der Waals surface area contributed by atoms with Gasteiger partial charge >= 0.3 is 6.03 Å². The molecule has 1 aliphatic heterocycles. The molecule has 1 aliphatic rings. The van der Waals surface area contributed by atoms with Gasteiger partial charge in [-0.25, -0.2) is 13.2 Å². The zero-order valence-corrected chi connectivity index (χ0v) is 25.7. The lowest BCUT2D eigenvalue weighted by Gasteiger charge is -2.38. The molecule has 0 spiro atoms. The number of sulfonamides is 1. The second-order valence-electron chi connectivity index (χ2n) is 10.7. The molecule has 3 amide bonds. The third-order valence-electron chi connectivity index (χ3n) is 7.44. The second-order valence-corrected chi connectivity index (χ2v) is 12.8. The number of urea groups is 1. The van der Waals surface area contributed by atoms with Crippen molar-refractivity contribution in [1.29, 1.82) is 0 Å². The van der Waals surface area contributed by atoms with Crippen LogP contribution in [0.4, 0.5) is 16.2 Å². The van der Waals surface area contributed by atoms with Crippen LogP contribution < -0.4 is 20.1 Å². The number of likely N-dealkylation sites (N-methyl/N-ethyl adjacent to an activating group) is 1. The van der Waals surface area contributed by atoms with Crippen molar-refractivity contribution in [2.75, 3.05) is 44.5 Å². The number of rotatable bonds is 9. The predicted octanol–water partition coefficient (Wildman–Crippen LogP) is 4.19. The van der Waals surface area contributed by atoms with E-state index in [1.165, 1.54) is 17.4 Å². The van der Waals surface area contributed by atoms with Crippen LogP contribution in [-0.4, -0.2) is 80.7 Å². The average molecular weight is 611 g/mol. The Hall–Kier alpha value is -4.13. The topological polar surface area (TPSA) is 138 Å². The summed E-state index contributed by atoms with van der Waals surface area (Å²) in [7, 11) is -0.749. The van der Waals surface area contributed by atoms with Crippen molar-refractivity contribution in [3.63, 3.8) is 0 Å². The highest BCUT2D eigenvalue weighted by Crippen LogP contribution is 2.31. The zero-order valence-electron chi connectivity index (χ0n) is 24.9. The smallest absolute Gasteiger partial charge is 0.323 e. The van der Waals surface area contributed by atoms with Crippen LogP contribution in [-0.2, 0) is 10.0 Å². The van der Waals surface area contributed by atoms with E-state index in [9.17, 15) is 23.1 Å². The molecule has 0 unspecified atom stereocenters. The largest absolute Gasteiger partial charge is 0.497 e. The van der Waals surface area contributed by atoms with Crippen molar-refractivity contribution in [2.24, 2.45) is 5.92 Å². The highest BCUT2D eigenvalue weighted by atomic mass is 32.2. The van der Waals surface area contributed by atoms with E-state index in [2.05, 4.69) is 10.6 Å². The molecule has 0 saturated carbocycles. The van der Waals surface area contributed by atoms with Crippen molar-refractivity contribution in [1.82, 2.24) is 9.21 Å². The third kappa shape index (κ3) is 7.45. The summed E-state index contributed by atoms with van der Waals surface area (Å²) in [6.07, 6.45) is -0.623. The summed E-state index contributed by atoms with van der Waals surface area (Å²) in [4.78, 5) is 28.1. The normalized spacial score (nSPS) is 17.7. The third-order valence-corrected chi connectivity index (χ3v) is 9.27. The van der Waals surface area contributed by atoms with Crippen LogP contribution in [0.3, 0.4) is 0 Å². The number of carbonyl (C=O) groups excluding carboxylic acids is 2. The molecule has 3 atom stereocenters. The van der Waals surface area contributed by atoms with Crippen LogP contribution in [0.15, 0.2) is 71.6 Å². The Kier molecular flexibility index (Phi) is 9.95. The van der Waals surface area contributed by atoms with Crippen LogP contribution in [0, 0.1) is 12.8 Å². The average Bonchev–Trinajstić information content (AvgIpc) is 2.99. The molecule has 0 aliphatic carbocycles. The molecule has 0 bridgehead atoms. The first-order valence-electron chi connectivity index (χ1n) is 13.9. The molecule has 1 heterocycles. The summed E-state index contributed by atoms with van der Waals surface area (Å²) < 4.78 is 39.4. The zero-order chi connectivity index (χ0) is 31.3. The Bertz CT molecular complexity index is 1550. The van der Waals surface area contributed by atoms with E-state index in [-0.39, 0.29) is 47.7 Å². The van der Waals surface area contributed by atoms with Crippen LogP contribution >= 0.6 is 0 Å². The monoisotopic (exact) mass is 610 g/mol. The number of carbonyl (C=O) groups is 2. The molecule has 3 aromatic rings. The number of aryl methyl sites for hydroxylation is 1. The van der Waals surface area contributed by atoms with E-state index in [4.69, 9.17) is 9.47 Å². The maximum Gasteiger partial charge on any atom is 0.323 e. The summed E-state index contributed by atoms with van der Waals surface area (Å²) >= 11 is 0. The van der Waals surface area contributed by atoms with E-state index in [0.717, 1.165) is 5.56 Å². The molecule has 0 fully saturated rings. The molecular weight excluding hydrogens is 572 g/mol. The number of fused-ring (bicyclic) bond motifs is 1. The fraction of sp³-hybridized carbons (Fsp3) is 0.355. The number of aliphatic hydroxyl groups is 1. The number of anilines is 2. The first-order chi connectivity index (χ1) is 20.4. The van der Waals surface area contributed by atoms with Crippen molar-refractivity contribution in [3.05, 3.63) is 77.9 Å². The summed E-state index contributed by atoms with van der Waals surface area (Å²) in [6.45, 7) is 5.49. The first-order valence-corrected chi connectivity index (χ1v) is 15.3. The van der Waals surface area contributed by atoms with Crippen LogP contribution in [0.5, 0.6) is 11.5 Å². The lowest BCUT2D eigenvalue weighted by molar-refractivity contribution is 0.0387. The number of hydrogen-bond acceptors (Lipinski definition) is 7. The van der Waals surface area contributed by atoms with Crippen molar-refractivity contribution in [3.8, 4) is 11.5 Å². The molecule has 43 heavy (non-hydrogen) atoms. The maximum atomic E-state index is 13.7. The van der Waals surface area contributed by atoms with Gasteiger partial charge in [0.2, 0.25) is 10.0 Å². The number of ether oxygens (including phenoxy) is 2. The minimum absolute atomic E-state index is 0.0244. The van der Waals surface area contributed by atoms with Gasteiger partial charge in [0.25, 0.3) is 5.91 Å². The number of hydrogen-bond donors (Lipinski definition) is 3. The van der Waals surface area contributed by atoms with E-state index in [1.807, 2.05) is 13.8 Å². The minimum Gasteiger partial charge on any atom is -0.497 e. The lowest BCUT2D eigenvalue weighted by Crippen LogP contribution is -2.50. The molecule has 0 aromatic heterocycles. The van der Waals surface area contributed by atoms with Crippen LogP contribution in [0.25, 0.3) is 0 Å². The van der Waals surface area contributed by atoms with E-state index in [1.54, 1.807) is 79.6 Å². The Morgan fingerprint density at radius 3 is 2.35 bits per heavy atom. The molecule has 3 N–H and O–H groups in total. The van der Waals surface area contributed by atoms with Crippen molar-refractivity contribution < 1.29 is 32.6 Å². The van der Waals surface area contributed by atoms with Gasteiger partial charge < -0.3 is 30.1 Å². The van der Waals surface area contributed by atoms with Gasteiger partial charge in [-0.15, -0.1) is 0 Å². The van der Waals surface area contributed by atoms with Crippen molar-refractivity contribution >= 4 is 33.3 Å². The molecule has 0 saturated heterocycles. The van der Waals surface area contributed by atoms with E-state index in [0.29, 0.717) is 17.1 Å². The molecule has 0 radical (unpaired) electrons. The van der Waals surface area contributed by atoms with E-state index < -0.39 is 28.2 Å². The number of nitrogens with zero attached hydrogens (tertiary/aromatic N) is 2. The predicted molar refractivity (Wildman–Crippen MR) is 164 cm³/mol. The fourth-order valence-corrected chi connectivity index (χ4v) is 5.91. The van der Waals surface area contributed by atoms with Crippen LogP contribution in [0.1, 0.15) is 29.8 Å². The Morgan fingerprint density at radius 2 is 1.72 bits per heavy atom. The van der Waals surface area contributed by atoms with Gasteiger partial charge in [-0.2, -0.15) is 4.31 Å². The quantitative estimate of drug-likeness (QED) is 0.330. The Morgan fingerprint density at radius 1 is 1.09 bits per heavy atom. The highest BCUT2D eigenvalue weighted by molar-refractivity contribution is 7.89. The number of nitrogens with one attached hydrogen (secondary N) is 2. The first kappa shape index (κ1) is 31.8. The Labute approximate surface area is 252 Å². The van der Waals surface area contributed by atoms with Gasteiger partial charge in [0.05, 0.1) is 36.8 Å². The molecular formula is C31H38N4O7S. The standard InChI is InChI=1S/C31H38N4O7S/c1-20-6-13-26(14-7-20)43(39,40)34(4)18-29-21(2)17-35(22(3)19-36)30(37)27-16-24(10-15-28(27)42-29)33-31(38)32-23-8-11-25(41-5)12-9-23/h6-16,21-22,29,36H,17-19H2,1-5H3,(H2,32,33,38)/t21-,22+,29-/m0/s1. The number of methoxy groups -OCH3 is 1. The summed E-state index contributed by atoms with van der Waals surface area (Å²) in [5, 5.41) is 15.4. The highest BCUT2D eigenvalue weighted by Gasteiger charge is 2.35. The van der Waals surface area contributed by atoms with Gasteiger partial charge in [0.1, 0.15) is 17.6 Å². The fourth-order valence-electron chi connectivity index (χ4n) is 4.73. The molecule has 230 valence electrons. The van der Waals surface area contributed by atoms with E-state index >= 15 is 0 Å². The SMILES string of the molecule is COc1ccc(NC(=O)Nc2ccc3c(c2)C(=O)N([C@H](C)CO)C[C@H](C)[C@H](CN(C)S(=O)(=O)c2ccc(C)cc2)O3)cc1. The number of amides is 3. The summed E-state index contributed by atoms with van der Waals surface area (Å²) in [6, 6.07) is 17.1. The van der Waals surface area contributed by atoms with Gasteiger partial charge in [0, 0.05) is 30.9 Å². The Balaban J connectivity index is 1.59. The second kappa shape index (κ2) is 13.4. The molecule has 11 nitrogen and oxygen atoms in total. The molecule has 3 aromatic carbocycles. The minimum atomic E-state index is -3.80. The molecule has 12 heteroatoms. The van der Waals surface area contributed by atoms with Gasteiger partial charge in [0.15, 0.2) is 0 Å². The van der Waals surface area contributed by atoms with Crippen LogP contribution in [0.2, 0.25) is 0 Å². The van der Waals surface area contributed by atoms with Gasteiger partial charge in [-0.05, 0) is 68.4 Å². The van der Waals surface area contributed by atoms with Crippen molar-refractivity contribution in [2.45, 2.75) is 37.8 Å². The number of benzene rings is 3. The van der Waals surface area contributed by atoms with Gasteiger partial charge in [-0.3, -0.25) is 4.79 Å².